The summed E-state index contributed by atoms with van der Waals surface area (Å²) in [7, 11) is 1.59. The second kappa shape index (κ2) is 5.79. The van der Waals surface area contributed by atoms with Crippen molar-refractivity contribution in [2.75, 3.05) is 7.11 Å². The van der Waals surface area contributed by atoms with Crippen LogP contribution in [0.1, 0.15) is 11.1 Å². The lowest BCUT2D eigenvalue weighted by atomic mass is 10.2. The quantitative estimate of drug-likeness (QED) is 0.761. The fraction of sp³-hybridized carbons (Fsp3) is 0.125. The highest BCUT2D eigenvalue weighted by Gasteiger charge is 2.03. The maximum Gasteiger partial charge on any atom is 0.138 e. The van der Waals surface area contributed by atoms with E-state index in [-0.39, 0.29) is 0 Å². The molecule has 0 aliphatic heterocycles. The lowest BCUT2D eigenvalue weighted by Gasteiger charge is -2.09. The van der Waals surface area contributed by atoms with Gasteiger partial charge in [0.05, 0.1) is 12.7 Å². The zero-order valence-corrected chi connectivity index (χ0v) is 10.2. The topological polar surface area (TPSA) is 18.5 Å². The van der Waals surface area contributed by atoms with Crippen molar-refractivity contribution in [3.63, 3.8) is 0 Å². The highest BCUT2D eigenvalue weighted by molar-refractivity contribution is 5.48. The van der Waals surface area contributed by atoms with Crippen molar-refractivity contribution in [1.82, 2.24) is 0 Å². The number of benzene rings is 2. The highest BCUT2D eigenvalue weighted by Crippen LogP contribution is 2.24. The molecule has 0 heterocycles. The van der Waals surface area contributed by atoms with Crippen molar-refractivity contribution in [3.05, 3.63) is 59.7 Å². The molecule has 0 spiro atoms. The van der Waals surface area contributed by atoms with Gasteiger partial charge in [-0.15, -0.1) is 6.42 Å². The molecule has 0 aliphatic carbocycles. The van der Waals surface area contributed by atoms with E-state index in [1.165, 1.54) is 0 Å². The monoisotopic (exact) mass is 238 g/mol. The lowest BCUT2D eigenvalue weighted by Crippen LogP contribution is -1.96. The maximum atomic E-state index is 5.69. The predicted molar refractivity (Wildman–Crippen MR) is 71.7 cm³/mol. The van der Waals surface area contributed by atoms with Crippen LogP contribution in [0.4, 0.5) is 0 Å². The van der Waals surface area contributed by atoms with E-state index >= 15 is 0 Å². The Kier molecular flexibility index (Phi) is 3.88. The maximum absolute atomic E-state index is 5.69. The molecule has 0 amide bonds. The van der Waals surface area contributed by atoms with Crippen LogP contribution in [0.25, 0.3) is 0 Å². The van der Waals surface area contributed by atoms with Crippen molar-refractivity contribution in [2.45, 2.75) is 6.61 Å². The van der Waals surface area contributed by atoms with Gasteiger partial charge in [-0.3, -0.25) is 0 Å². The fourth-order valence-corrected chi connectivity index (χ4v) is 1.62. The predicted octanol–water partition coefficient (Wildman–Crippen LogP) is 3.26. The zero-order chi connectivity index (χ0) is 12.8. The lowest BCUT2D eigenvalue weighted by molar-refractivity contribution is 0.303. The number of rotatable bonds is 4. The van der Waals surface area contributed by atoms with Crippen LogP contribution < -0.4 is 9.47 Å². The standard InChI is InChI=1S/C16H14O2/c1-3-14-9-10-15(11-16(14)17-2)18-12-13-7-5-4-6-8-13/h1,4-11H,12H2,2H3. The van der Waals surface area contributed by atoms with Crippen LogP contribution >= 0.6 is 0 Å². The molecule has 2 aromatic rings. The van der Waals surface area contributed by atoms with Gasteiger partial charge in [0.15, 0.2) is 0 Å². The van der Waals surface area contributed by atoms with Crippen LogP contribution in [-0.4, -0.2) is 7.11 Å². The van der Waals surface area contributed by atoms with Gasteiger partial charge in [-0.1, -0.05) is 36.3 Å². The Hall–Kier alpha value is -2.40. The van der Waals surface area contributed by atoms with Crippen molar-refractivity contribution in [1.29, 1.82) is 0 Å². The molecule has 0 bridgehead atoms. The summed E-state index contributed by atoms with van der Waals surface area (Å²) in [6.45, 7) is 0.527. The van der Waals surface area contributed by atoms with Crippen LogP contribution in [0.15, 0.2) is 48.5 Å². The van der Waals surface area contributed by atoms with E-state index in [4.69, 9.17) is 15.9 Å². The summed E-state index contributed by atoms with van der Waals surface area (Å²) in [4.78, 5) is 0. The Morgan fingerprint density at radius 1 is 1.11 bits per heavy atom. The van der Waals surface area contributed by atoms with E-state index in [0.717, 1.165) is 16.9 Å². The van der Waals surface area contributed by atoms with Crippen molar-refractivity contribution in [2.24, 2.45) is 0 Å². The van der Waals surface area contributed by atoms with Crippen LogP contribution in [0.5, 0.6) is 11.5 Å². The van der Waals surface area contributed by atoms with Crippen molar-refractivity contribution < 1.29 is 9.47 Å². The molecular weight excluding hydrogens is 224 g/mol. The van der Waals surface area contributed by atoms with Gasteiger partial charge in [-0.2, -0.15) is 0 Å². The minimum atomic E-state index is 0.527. The third kappa shape index (κ3) is 2.83. The molecule has 0 saturated heterocycles. The van der Waals surface area contributed by atoms with Gasteiger partial charge in [0.1, 0.15) is 18.1 Å². The van der Waals surface area contributed by atoms with E-state index in [2.05, 4.69) is 5.92 Å². The Bertz CT molecular complexity index is 553. The third-order valence-electron chi connectivity index (χ3n) is 2.58. The first kappa shape index (κ1) is 12.1. The average Bonchev–Trinajstić information content (AvgIpc) is 2.45. The smallest absolute Gasteiger partial charge is 0.138 e. The van der Waals surface area contributed by atoms with E-state index in [1.54, 1.807) is 13.2 Å². The summed E-state index contributed by atoms with van der Waals surface area (Å²) >= 11 is 0. The summed E-state index contributed by atoms with van der Waals surface area (Å²) < 4.78 is 10.9. The van der Waals surface area contributed by atoms with Crippen LogP contribution in [0.2, 0.25) is 0 Å². The normalized spacial score (nSPS) is 9.56. The van der Waals surface area contributed by atoms with Gasteiger partial charge >= 0.3 is 0 Å². The summed E-state index contributed by atoms with van der Waals surface area (Å²) in [5, 5.41) is 0. The van der Waals surface area contributed by atoms with Crippen LogP contribution in [-0.2, 0) is 6.61 Å². The van der Waals surface area contributed by atoms with Gasteiger partial charge in [-0.25, -0.2) is 0 Å². The first-order valence-electron chi connectivity index (χ1n) is 5.65. The molecule has 2 rings (SSSR count). The van der Waals surface area contributed by atoms with Crippen molar-refractivity contribution in [3.8, 4) is 23.8 Å². The van der Waals surface area contributed by atoms with Crippen LogP contribution in [0.3, 0.4) is 0 Å². The Labute approximate surface area is 107 Å². The first-order chi connectivity index (χ1) is 8.83. The third-order valence-corrected chi connectivity index (χ3v) is 2.58. The number of terminal acetylenes is 1. The summed E-state index contributed by atoms with van der Waals surface area (Å²) in [6.07, 6.45) is 5.37. The van der Waals surface area contributed by atoms with Gasteiger partial charge < -0.3 is 9.47 Å². The van der Waals surface area contributed by atoms with Gasteiger partial charge in [-0.05, 0) is 17.7 Å². The summed E-state index contributed by atoms with van der Waals surface area (Å²) in [5.41, 5.74) is 1.85. The molecule has 2 aromatic carbocycles. The number of hydrogen-bond donors (Lipinski definition) is 0. The Morgan fingerprint density at radius 3 is 2.56 bits per heavy atom. The summed E-state index contributed by atoms with van der Waals surface area (Å²) in [5.74, 6) is 3.97. The second-order valence-electron chi connectivity index (χ2n) is 3.78. The molecule has 2 nitrogen and oxygen atoms in total. The average molecular weight is 238 g/mol. The minimum Gasteiger partial charge on any atom is -0.495 e. The molecule has 0 aliphatic rings. The van der Waals surface area contributed by atoms with E-state index in [1.807, 2.05) is 42.5 Å². The number of methoxy groups -OCH3 is 1. The van der Waals surface area contributed by atoms with Crippen molar-refractivity contribution >= 4 is 0 Å². The second-order valence-corrected chi connectivity index (χ2v) is 3.78. The molecule has 0 unspecified atom stereocenters. The van der Waals surface area contributed by atoms with E-state index in [0.29, 0.717) is 12.4 Å². The zero-order valence-electron chi connectivity index (χ0n) is 10.2. The molecule has 0 N–H and O–H groups in total. The van der Waals surface area contributed by atoms with Gasteiger partial charge in [0.25, 0.3) is 0 Å². The molecule has 0 radical (unpaired) electrons. The number of ether oxygens (including phenoxy) is 2. The highest BCUT2D eigenvalue weighted by atomic mass is 16.5. The minimum absolute atomic E-state index is 0.527. The molecule has 0 fully saturated rings. The van der Waals surface area contributed by atoms with E-state index in [9.17, 15) is 0 Å². The van der Waals surface area contributed by atoms with E-state index < -0.39 is 0 Å². The molecular formula is C16H14O2. The molecule has 18 heavy (non-hydrogen) atoms. The Morgan fingerprint density at radius 2 is 1.89 bits per heavy atom. The largest absolute Gasteiger partial charge is 0.495 e. The van der Waals surface area contributed by atoms with Gasteiger partial charge in [0, 0.05) is 6.07 Å². The van der Waals surface area contributed by atoms with Crippen LogP contribution in [0, 0.1) is 12.3 Å². The van der Waals surface area contributed by atoms with Gasteiger partial charge in [0.2, 0.25) is 0 Å². The molecule has 0 saturated carbocycles. The molecule has 90 valence electrons. The molecule has 0 atom stereocenters. The SMILES string of the molecule is C#Cc1ccc(OCc2ccccc2)cc1OC. The molecule has 0 aromatic heterocycles. The number of hydrogen-bond acceptors (Lipinski definition) is 2. The first-order valence-corrected chi connectivity index (χ1v) is 5.65. The summed E-state index contributed by atoms with van der Waals surface area (Å²) in [6, 6.07) is 15.5. The fourth-order valence-electron chi connectivity index (χ4n) is 1.62. The Balaban J connectivity index is 2.09. The molecule has 2 heteroatoms.